The maximum atomic E-state index is 11.8. The molecule has 0 aliphatic heterocycles. The Morgan fingerprint density at radius 1 is 1.44 bits per heavy atom. The lowest BCUT2D eigenvalue weighted by Crippen LogP contribution is -2.15. The highest BCUT2D eigenvalue weighted by molar-refractivity contribution is 9.10. The molecule has 5 heteroatoms. The second kappa shape index (κ2) is 3.59. The van der Waals surface area contributed by atoms with Crippen molar-refractivity contribution in [2.45, 2.75) is 19.3 Å². The van der Waals surface area contributed by atoms with Gasteiger partial charge in [-0.2, -0.15) is 0 Å². The van der Waals surface area contributed by atoms with E-state index in [9.17, 15) is 4.79 Å². The van der Waals surface area contributed by atoms with Gasteiger partial charge >= 0.3 is 0 Å². The fourth-order valence-corrected chi connectivity index (χ4v) is 2.40. The van der Waals surface area contributed by atoms with Crippen molar-refractivity contribution in [1.29, 1.82) is 0 Å². The predicted octanol–water partition coefficient (Wildman–Crippen LogP) is 2.28. The van der Waals surface area contributed by atoms with Crippen LogP contribution in [0.4, 0.5) is 0 Å². The average molecular weight is 281 g/mol. The number of aromatic nitrogens is 2. The summed E-state index contributed by atoms with van der Waals surface area (Å²) in [5, 5.41) is 0. The van der Waals surface area contributed by atoms with E-state index >= 15 is 0 Å². The molecule has 0 radical (unpaired) electrons. The zero-order chi connectivity index (χ0) is 11.1. The highest BCUT2D eigenvalue weighted by Gasteiger charge is 2.19. The lowest BCUT2D eigenvalue weighted by molar-refractivity contribution is 0.575. The van der Waals surface area contributed by atoms with E-state index in [1.54, 1.807) is 12.3 Å². The second-order valence-electron chi connectivity index (χ2n) is 3.79. The average Bonchev–Trinajstić information content (AvgIpc) is 2.85. The van der Waals surface area contributed by atoms with E-state index in [1.165, 1.54) is 0 Å². The van der Waals surface area contributed by atoms with Crippen molar-refractivity contribution in [3.8, 4) is 11.6 Å². The van der Waals surface area contributed by atoms with Crippen molar-refractivity contribution in [3.63, 3.8) is 0 Å². The van der Waals surface area contributed by atoms with Gasteiger partial charge in [0, 0.05) is 5.56 Å². The molecule has 0 atom stereocenters. The summed E-state index contributed by atoms with van der Waals surface area (Å²) in [6, 6.07) is 1.78. The van der Waals surface area contributed by atoms with Crippen molar-refractivity contribution in [2.75, 3.05) is 0 Å². The van der Waals surface area contributed by atoms with E-state index < -0.39 is 0 Å². The van der Waals surface area contributed by atoms with Crippen LogP contribution in [0.15, 0.2) is 26.0 Å². The molecule has 0 spiro atoms. The molecule has 0 saturated heterocycles. The summed E-state index contributed by atoms with van der Waals surface area (Å²) in [4.78, 5) is 19.0. The van der Waals surface area contributed by atoms with Crippen LogP contribution in [-0.4, -0.2) is 9.97 Å². The molecule has 2 aromatic rings. The van der Waals surface area contributed by atoms with Gasteiger partial charge in [-0.25, -0.2) is 4.98 Å². The van der Waals surface area contributed by atoms with Gasteiger partial charge in [0.2, 0.25) is 0 Å². The van der Waals surface area contributed by atoms with Crippen LogP contribution in [0.5, 0.6) is 0 Å². The Bertz CT molecular complexity index is 600. The maximum absolute atomic E-state index is 11.8. The van der Waals surface area contributed by atoms with Crippen LogP contribution in [0.3, 0.4) is 0 Å². The van der Waals surface area contributed by atoms with Gasteiger partial charge in [0.15, 0.2) is 11.6 Å². The summed E-state index contributed by atoms with van der Waals surface area (Å²) in [6.45, 7) is 0. The van der Waals surface area contributed by atoms with Gasteiger partial charge in [-0.05, 0) is 41.3 Å². The molecule has 0 aromatic carbocycles. The lowest BCUT2D eigenvalue weighted by Gasteiger charge is -2.01. The molecule has 4 nitrogen and oxygen atoms in total. The number of nitrogens with zero attached hydrogens (tertiary/aromatic N) is 1. The van der Waals surface area contributed by atoms with Crippen molar-refractivity contribution in [1.82, 2.24) is 9.97 Å². The van der Waals surface area contributed by atoms with Crippen molar-refractivity contribution >= 4 is 15.9 Å². The molecule has 1 aliphatic rings. The minimum absolute atomic E-state index is 0.0409. The Kier molecular flexibility index (Phi) is 2.21. The summed E-state index contributed by atoms with van der Waals surface area (Å²) in [6.07, 6.45) is 4.28. The predicted molar refractivity (Wildman–Crippen MR) is 62.3 cm³/mol. The highest BCUT2D eigenvalue weighted by atomic mass is 79.9. The molecule has 82 valence electrons. The summed E-state index contributed by atoms with van der Waals surface area (Å²) >= 11 is 3.35. The first-order valence-corrected chi connectivity index (χ1v) is 5.90. The molecule has 3 rings (SSSR count). The van der Waals surface area contributed by atoms with Crippen molar-refractivity contribution < 1.29 is 4.42 Å². The van der Waals surface area contributed by atoms with E-state index in [0.29, 0.717) is 11.6 Å². The smallest absolute Gasteiger partial charge is 0.254 e. The van der Waals surface area contributed by atoms with Crippen LogP contribution in [0.1, 0.15) is 17.7 Å². The fourth-order valence-electron chi connectivity index (χ4n) is 2.01. The summed E-state index contributed by atoms with van der Waals surface area (Å²) in [5.74, 6) is 1.08. The third kappa shape index (κ3) is 1.43. The maximum Gasteiger partial charge on any atom is 0.254 e. The first-order valence-electron chi connectivity index (χ1n) is 5.11. The number of hydrogen-bond acceptors (Lipinski definition) is 3. The molecule has 1 N–H and O–H groups in total. The van der Waals surface area contributed by atoms with Crippen molar-refractivity contribution in [2.24, 2.45) is 0 Å². The number of aryl methyl sites for hydroxylation is 1. The molecule has 2 aromatic heterocycles. The third-order valence-electron chi connectivity index (χ3n) is 2.77. The lowest BCUT2D eigenvalue weighted by atomic mass is 10.2. The molecule has 2 heterocycles. The van der Waals surface area contributed by atoms with Gasteiger partial charge in [0.1, 0.15) is 0 Å². The molecule has 0 amide bonds. The molecule has 0 saturated carbocycles. The molecular weight excluding hydrogens is 272 g/mol. The SMILES string of the molecule is O=c1[nH]c(-c2occc2Br)nc2c1CCC2. The summed E-state index contributed by atoms with van der Waals surface area (Å²) in [5.41, 5.74) is 1.69. The quantitative estimate of drug-likeness (QED) is 0.872. The minimum Gasteiger partial charge on any atom is -0.460 e. The molecule has 0 bridgehead atoms. The molecular formula is C11H9BrN2O2. The van der Waals surface area contributed by atoms with Gasteiger partial charge in [-0.3, -0.25) is 4.79 Å². The summed E-state index contributed by atoms with van der Waals surface area (Å²) < 4.78 is 6.09. The highest BCUT2D eigenvalue weighted by Crippen LogP contribution is 2.27. The van der Waals surface area contributed by atoms with Crippen LogP contribution < -0.4 is 5.56 Å². The monoisotopic (exact) mass is 280 g/mol. The minimum atomic E-state index is -0.0409. The Hall–Kier alpha value is -1.36. The van der Waals surface area contributed by atoms with Crippen LogP contribution in [0.25, 0.3) is 11.6 Å². The number of rotatable bonds is 1. The number of fused-ring (bicyclic) bond motifs is 1. The Morgan fingerprint density at radius 3 is 3.06 bits per heavy atom. The first-order chi connectivity index (χ1) is 7.75. The van der Waals surface area contributed by atoms with Gasteiger partial charge in [-0.1, -0.05) is 0 Å². The van der Waals surface area contributed by atoms with Crippen molar-refractivity contribution in [3.05, 3.63) is 38.4 Å². The zero-order valence-electron chi connectivity index (χ0n) is 8.42. The van der Waals surface area contributed by atoms with E-state index in [-0.39, 0.29) is 5.56 Å². The Morgan fingerprint density at radius 2 is 2.31 bits per heavy atom. The van der Waals surface area contributed by atoms with Crippen LogP contribution in [0, 0.1) is 0 Å². The molecule has 0 unspecified atom stereocenters. The summed E-state index contributed by atoms with van der Waals surface area (Å²) in [7, 11) is 0. The third-order valence-corrected chi connectivity index (χ3v) is 3.40. The molecule has 1 aliphatic carbocycles. The van der Waals surface area contributed by atoms with E-state index in [2.05, 4.69) is 25.9 Å². The number of hydrogen-bond donors (Lipinski definition) is 1. The number of H-pyrrole nitrogens is 1. The van der Waals surface area contributed by atoms with Crippen LogP contribution in [0.2, 0.25) is 0 Å². The topological polar surface area (TPSA) is 58.9 Å². The van der Waals surface area contributed by atoms with E-state index in [0.717, 1.165) is 35.0 Å². The van der Waals surface area contributed by atoms with Crippen LogP contribution in [-0.2, 0) is 12.8 Å². The van der Waals surface area contributed by atoms with Crippen LogP contribution >= 0.6 is 15.9 Å². The number of furan rings is 1. The fraction of sp³-hybridized carbons (Fsp3) is 0.273. The zero-order valence-corrected chi connectivity index (χ0v) is 10.0. The molecule has 0 fully saturated rings. The van der Waals surface area contributed by atoms with E-state index in [1.807, 2.05) is 0 Å². The number of nitrogens with one attached hydrogen (secondary N) is 1. The van der Waals surface area contributed by atoms with Gasteiger partial charge in [0.05, 0.1) is 16.4 Å². The largest absolute Gasteiger partial charge is 0.460 e. The first kappa shape index (κ1) is 9.84. The Balaban J connectivity index is 2.21. The standard InChI is InChI=1S/C11H9BrN2O2/c12-7-4-5-16-9(7)10-13-8-3-1-2-6(8)11(15)14-10/h4-5H,1-3H2,(H,13,14,15). The second-order valence-corrected chi connectivity index (χ2v) is 4.65. The van der Waals surface area contributed by atoms with E-state index in [4.69, 9.17) is 4.42 Å². The van der Waals surface area contributed by atoms with Gasteiger partial charge in [0.25, 0.3) is 5.56 Å². The number of aromatic amines is 1. The molecule has 16 heavy (non-hydrogen) atoms. The van der Waals surface area contributed by atoms with Gasteiger partial charge < -0.3 is 9.40 Å². The van der Waals surface area contributed by atoms with Gasteiger partial charge in [-0.15, -0.1) is 0 Å². The Labute approximate surface area is 99.8 Å². The normalized spacial score (nSPS) is 14.1. The number of halogens is 1.